The lowest BCUT2D eigenvalue weighted by Gasteiger charge is -2.37. The second-order valence-corrected chi connectivity index (χ2v) is 6.25. The van der Waals surface area contributed by atoms with Gasteiger partial charge in [-0.05, 0) is 49.8 Å². The molecule has 1 aliphatic carbocycles. The number of Topliss-reactive ketones (excluding diaryl/α,β-unsaturated/α-hetero) is 1. The molecule has 0 radical (unpaired) electrons. The zero-order chi connectivity index (χ0) is 13.8. The lowest BCUT2D eigenvalue weighted by molar-refractivity contribution is -0.136. The number of carbonyl (C=O) groups excluding carboxylic acids is 1. The fraction of sp³-hybridized carbons (Fsp3) is 0.647. The standard InChI is InChI=1S/C17H23NO2/c19-16(4-3-14-5-10-18-11-6-14)15-7-12-20-17(13-15)8-1-2-9-17/h5-6,10-11,15H,1-4,7-9,12-13H2. The normalized spacial score (nSPS) is 24.9. The fourth-order valence-corrected chi connectivity index (χ4v) is 3.69. The van der Waals surface area contributed by atoms with E-state index >= 15 is 0 Å². The molecule has 1 aromatic heterocycles. The van der Waals surface area contributed by atoms with E-state index in [2.05, 4.69) is 4.98 Å². The van der Waals surface area contributed by atoms with E-state index in [4.69, 9.17) is 4.74 Å². The summed E-state index contributed by atoms with van der Waals surface area (Å²) < 4.78 is 6.01. The Labute approximate surface area is 120 Å². The molecule has 0 amide bonds. The molecule has 2 aliphatic rings. The van der Waals surface area contributed by atoms with Gasteiger partial charge in [-0.3, -0.25) is 9.78 Å². The molecule has 1 saturated carbocycles. The quantitative estimate of drug-likeness (QED) is 0.844. The first-order valence-corrected chi connectivity index (χ1v) is 7.83. The number of ether oxygens (including phenoxy) is 1. The van der Waals surface area contributed by atoms with Crippen molar-refractivity contribution in [3.63, 3.8) is 0 Å². The predicted molar refractivity (Wildman–Crippen MR) is 77.4 cm³/mol. The summed E-state index contributed by atoms with van der Waals surface area (Å²) in [7, 11) is 0. The first-order valence-electron chi connectivity index (χ1n) is 7.83. The average Bonchev–Trinajstić information content (AvgIpc) is 2.93. The Morgan fingerprint density at radius 1 is 1.30 bits per heavy atom. The molecule has 1 spiro atoms. The van der Waals surface area contributed by atoms with E-state index in [0.717, 1.165) is 38.7 Å². The summed E-state index contributed by atoms with van der Waals surface area (Å²) in [6, 6.07) is 3.99. The number of nitrogens with zero attached hydrogens (tertiary/aromatic N) is 1. The Morgan fingerprint density at radius 2 is 2.05 bits per heavy atom. The Kier molecular flexibility index (Phi) is 4.16. The van der Waals surface area contributed by atoms with E-state index in [-0.39, 0.29) is 11.5 Å². The van der Waals surface area contributed by atoms with Crippen LogP contribution in [0.1, 0.15) is 50.5 Å². The highest BCUT2D eigenvalue weighted by Crippen LogP contribution is 2.42. The van der Waals surface area contributed by atoms with Crippen LogP contribution in [-0.2, 0) is 16.0 Å². The molecule has 3 nitrogen and oxygen atoms in total. The summed E-state index contributed by atoms with van der Waals surface area (Å²) in [4.78, 5) is 16.4. The van der Waals surface area contributed by atoms with Crippen molar-refractivity contribution in [1.82, 2.24) is 4.98 Å². The number of ketones is 1. The monoisotopic (exact) mass is 273 g/mol. The van der Waals surface area contributed by atoms with Crippen LogP contribution in [0.25, 0.3) is 0 Å². The van der Waals surface area contributed by atoms with E-state index in [1.807, 2.05) is 12.1 Å². The van der Waals surface area contributed by atoms with Crippen LogP contribution in [0, 0.1) is 5.92 Å². The molecule has 1 atom stereocenters. The Balaban J connectivity index is 1.54. The maximum absolute atomic E-state index is 12.4. The van der Waals surface area contributed by atoms with Gasteiger partial charge in [-0.2, -0.15) is 0 Å². The Hall–Kier alpha value is -1.22. The molecule has 3 rings (SSSR count). The summed E-state index contributed by atoms with van der Waals surface area (Å²) >= 11 is 0. The first-order chi connectivity index (χ1) is 9.77. The topological polar surface area (TPSA) is 39.2 Å². The molecule has 3 heteroatoms. The molecule has 1 aromatic rings. The second-order valence-electron chi connectivity index (χ2n) is 6.25. The van der Waals surface area contributed by atoms with Crippen molar-refractivity contribution in [2.75, 3.05) is 6.61 Å². The number of hydrogen-bond donors (Lipinski definition) is 0. The second kappa shape index (κ2) is 6.04. The molecule has 1 unspecified atom stereocenters. The number of hydrogen-bond acceptors (Lipinski definition) is 3. The van der Waals surface area contributed by atoms with Gasteiger partial charge in [-0.15, -0.1) is 0 Å². The molecule has 0 aromatic carbocycles. The van der Waals surface area contributed by atoms with Crippen molar-refractivity contribution >= 4 is 5.78 Å². The number of carbonyl (C=O) groups is 1. The van der Waals surface area contributed by atoms with E-state index in [1.165, 1.54) is 18.4 Å². The van der Waals surface area contributed by atoms with E-state index in [1.54, 1.807) is 12.4 Å². The lowest BCUT2D eigenvalue weighted by atomic mass is 9.81. The summed E-state index contributed by atoms with van der Waals surface area (Å²) in [6.45, 7) is 0.770. The van der Waals surface area contributed by atoms with Crippen LogP contribution in [-0.4, -0.2) is 23.0 Å². The van der Waals surface area contributed by atoms with Gasteiger partial charge in [-0.1, -0.05) is 12.8 Å². The molecule has 0 bridgehead atoms. The largest absolute Gasteiger partial charge is 0.375 e. The fourth-order valence-electron chi connectivity index (χ4n) is 3.69. The highest BCUT2D eigenvalue weighted by molar-refractivity contribution is 5.81. The van der Waals surface area contributed by atoms with Gasteiger partial charge in [0, 0.05) is 31.3 Å². The summed E-state index contributed by atoms with van der Waals surface area (Å²) in [5.74, 6) is 0.653. The van der Waals surface area contributed by atoms with Crippen LogP contribution in [0.4, 0.5) is 0 Å². The van der Waals surface area contributed by atoms with Gasteiger partial charge in [0.05, 0.1) is 5.60 Å². The van der Waals surface area contributed by atoms with Crippen molar-refractivity contribution in [2.45, 2.75) is 57.0 Å². The molecule has 2 fully saturated rings. The molecular weight excluding hydrogens is 250 g/mol. The molecule has 0 N–H and O–H groups in total. The smallest absolute Gasteiger partial charge is 0.136 e. The minimum absolute atomic E-state index is 0.0508. The molecule has 1 saturated heterocycles. The van der Waals surface area contributed by atoms with E-state index < -0.39 is 0 Å². The molecule has 108 valence electrons. The summed E-state index contributed by atoms with van der Waals surface area (Å²) in [5.41, 5.74) is 1.26. The summed E-state index contributed by atoms with van der Waals surface area (Å²) in [5, 5.41) is 0. The number of rotatable bonds is 4. The minimum atomic E-state index is 0.0508. The van der Waals surface area contributed by atoms with Crippen LogP contribution in [0.2, 0.25) is 0 Å². The number of pyridine rings is 1. The SMILES string of the molecule is O=C(CCc1ccncc1)C1CCOC2(CCCC2)C1. The third kappa shape index (κ3) is 3.09. The zero-order valence-corrected chi connectivity index (χ0v) is 12.0. The van der Waals surface area contributed by atoms with Crippen molar-refractivity contribution in [2.24, 2.45) is 5.92 Å². The zero-order valence-electron chi connectivity index (χ0n) is 12.0. The Bertz CT molecular complexity index is 451. The van der Waals surface area contributed by atoms with Crippen LogP contribution in [0.3, 0.4) is 0 Å². The number of aryl methyl sites for hydroxylation is 1. The highest BCUT2D eigenvalue weighted by Gasteiger charge is 2.41. The van der Waals surface area contributed by atoms with Gasteiger partial charge in [0.25, 0.3) is 0 Å². The molecule has 1 aliphatic heterocycles. The molecule has 20 heavy (non-hydrogen) atoms. The summed E-state index contributed by atoms with van der Waals surface area (Å²) in [6.07, 6.45) is 11.8. The third-order valence-corrected chi connectivity index (χ3v) is 4.87. The van der Waals surface area contributed by atoms with Crippen molar-refractivity contribution in [3.05, 3.63) is 30.1 Å². The first kappa shape index (κ1) is 13.7. The maximum atomic E-state index is 12.4. The lowest BCUT2D eigenvalue weighted by Crippen LogP contribution is -2.39. The van der Waals surface area contributed by atoms with Crippen LogP contribution in [0.15, 0.2) is 24.5 Å². The van der Waals surface area contributed by atoms with Crippen LogP contribution in [0.5, 0.6) is 0 Å². The average molecular weight is 273 g/mol. The predicted octanol–water partition coefficient (Wildman–Crippen LogP) is 3.32. The third-order valence-electron chi connectivity index (χ3n) is 4.87. The number of aromatic nitrogens is 1. The van der Waals surface area contributed by atoms with Gasteiger partial charge >= 0.3 is 0 Å². The Morgan fingerprint density at radius 3 is 2.80 bits per heavy atom. The van der Waals surface area contributed by atoms with Gasteiger partial charge < -0.3 is 4.74 Å². The van der Waals surface area contributed by atoms with Crippen LogP contribution < -0.4 is 0 Å². The van der Waals surface area contributed by atoms with Gasteiger partial charge in [-0.25, -0.2) is 0 Å². The van der Waals surface area contributed by atoms with Crippen molar-refractivity contribution in [1.29, 1.82) is 0 Å². The molecular formula is C17H23NO2. The van der Waals surface area contributed by atoms with Crippen molar-refractivity contribution < 1.29 is 9.53 Å². The van der Waals surface area contributed by atoms with Crippen molar-refractivity contribution in [3.8, 4) is 0 Å². The van der Waals surface area contributed by atoms with Gasteiger partial charge in [0.15, 0.2) is 0 Å². The highest BCUT2D eigenvalue weighted by atomic mass is 16.5. The van der Waals surface area contributed by atoms with E-state index in [0.29, 0.717) is 12.2 Å². The van der Waals surface area contributed by atoms with Gasteiger partial charge in [0.1, 0.15) is 5.78 Å². The molecule has 2 heterocycles. The minimum Gasteiger partial charge on any atom is -0.375 e. The maximum Gasteiger partial charge on any atom is 0.136 e. The van der Waals surface area contributed by atoms with Gasteiger partial charge in [0.2, 0.25) is 0 Å². The van der Waals surface area contributed by atoms with E-state index in [9.17, 15) is 4.79 Å². The van der Waals surface area contributed by atoms with Crippen LogP contribution >= 0.6 is 0 Å².